The molecule has 0 spiro atoms. The number of aromatic nitrogens is 1. The minimum Gasteiger partial charge on any atom is -0.382 e. The molecule has 0 saturated carbocycles. The third kappa shape index (κ3) is 3.01. The van der Waals surface area contributed by atoms with E-state index < -0.39 is 0 Å². The van der Waals surface area contributed by atoms with Gasteiger partial charge in [0.15, 0.2) is 5.13 Å². The molecule has 110 valence electrons. The van der Waals surface area contributed by atoms with E-state index in [1.54, 1.807) is 0 Å². The summed E-state index contributed by atoms with van der Waals surface area (Å²) in [6, 6.07) is 0. The number of hydrogen-bond donors (Lipinski definition) is 2. The SMILES string of the molecule is CCCN(C)c1nc(N)c(C(=O)N2CCNC(=O)C2)s1. The van der Waals surface area contributed by atoms with Crippen LogP contribution in [0.1, 0.15) is 23.0 Å². The van der Waals surface area contributed by atoms with Crippen LogP contribution in [0.25, 0.3) is 0 Å². The Balaban J connectivity index is 2.15. The van der Waals surface area contributed by atoms with Gasteiger partial charge in [-0.05, 0) is 6.42 Å². The van der Waals surface area contributed by atoms with Gasteiger partial charge < -0.3 is 20.9 Å². The molecule has 2 rings (SSSR count). The van der Waals surface area contributed by atoms with Gasteiger partial charge in [-0.15, -0.1) is 0 Å². The molecule has 1 fully saturated rings. The number of piperazine rings is 1. The van der Waals surface area contributed by atoms with Crippen molar-refractivity contribution < 1.29 is 9.59 Å². The summed E-state index contributed by atoms with van der Waals surface area (Å²) < 4.78 is 0. The molecule has 1 saturated heterocycles. The zero-order valence-corrected chi connectivity index (χ0v) is 12.5. The average Bonchev–Trinajstić information content (AvgIpc) is 2.80. The molecule has 1 aliphatic rings. The van der Waals surface area contributed by atoms with Crippen molar-refractivity contribution in [2.75, 3.05) is 43.9 Å². The van der Waals surface area contributed by atoms with Gasteiger partial charge in [-0.3, -0.25) is 9.59 Å². The van der Waals surface area contributed by atoms with E-state index in [1.807, 2.05) is 11.9 Å². The van der Waals surface area contributed by atoms with Gasteiger partial charge in [-0.25, -0.2) is 4.98 Å². The first-order valence-corrected chi connectivity index (χ1v) is 7.38. The number of nitrogens with zero attached hydrogens (tertiary/aromatic N) is 3. The van der Waals surface area contributed by atoms with Gasteiger partial charge in [-0.1, -0.05) is 18.3 Å². The average molecular weight is 297 g/mol. The van der Waals surface area contributed by atoms with Crippen LogP contribution in [-0.4, -0.2) is 54.9 Å². The summed E-state index contributed by atoms with van der Waals surface area (Å²) in [5.41, 5.74) is 5.84. The maximum absolute atomic E-state index is 12.4. The molecule has 7 nitrogen and oxygen atoms in total. The lowest BCUT2D eigenvalue weighted by Gasteiger charge is -2.26. The van der Waals surface area contributed by atoms with E-state index in [2.05, 4.69) is 17.2 Å². The first-order chi connectivity index (χ1) is 9.52. The molecule has 1 aromatic rings. The second-order valence-electron chi connectivity index (χ2n) is 4.71. The lowest BCUT2D eigenvalue weighted by Crippen LogP contribution is -2.49. The molecular formula is C12H19N5O2S. The van der Waals surface area contributed by atoms with E-state index >= 15 is 0 Å². The second-order valence-corrected chi connectivity index (χ2v) is 5.69. The molecule has 1 aliphatic heterocycles. The molecule has 0 atom stereocenters. The van der Waals surface area contributed by atoms with Gasteiger partial charge in [0.1, 0.15) is 10.7 Å². The van der Waals surface area contributed by atoms with Crippen LogP contribution >= 0.6 is 11.3 Å². The number of carbonyl (C=O) groups excluding carboxylic acids is 2. The molecule has 8 heteroatoms. The van der Waals surface area contributed by atoms with Gasteiger partial charge in [0.05, 0.1) is 6.54 Å². The van der Waals surface area contributed by atoms with Gasteiger partial charge in [0, 0.05) is 26.7 Å². The van der Waals surface area contributed by atoms with Gasteiger partial charge in [0.2, 0.25) is 5.91 Å². The maximum atomic E-state index is 12.4. The zero-order chi connectivity index (χ0) is 14.7. The Bertz CT molecular complexity index is 516. The molecule has 3 N–H and O–H groups in total. The number of thiazole rings is 1. The van der Waals surface area contributed by atoms with Crippen LogP contribution in [-0.2, 0) is 4.79 Å². The fraction of sp³-hybridized carbons (Fsp3) is 0.583. The number of hydrogen-bond acceptors (Lipinski definition) is 6. The third-order valence-corrected chi connectivity index (χ3v) is 4.22. The van der Waals surface area contributed by atoms with Crippen LogP contribution in [0.15, 0.2) is 0 Å². The van der Waals surface area contributed by atoms with Crippen molar-refractivity contribution in [3.8, 4) is 0 Å². The van der Waals surface area contributed by atoms with Crippen LogP contribution in [0, 0.1) is 0 Å². The standard InChI is InChI=1S/C12H19N5O2S/c1-3-5-16(2)12-15-10(13)9(20-12)11(19)17-6-4-14-8(18)7-17/h3-7,13H2,1-2H3,(H,14,18). The van der Waals surface area contributed by atoms with Crippen LogP contribution in [0.3, 0.4) is 0 Å². The highest BCUT2D eigenvalue weighted by atomic mass is 32.1. The quantitative estimate of drug-likeness (QED) is 0.825. The largest absolute Gasteiger partial charge is 0.382 e. The van der Waals surface area contributed by atoms with Crippen LogP contribution in [0.2, 0.25) is 0 Å². The van der Waals surface area contributed by atoms with Crippen molar-refractivity contribution in [1.29, 1.82) is 0 Å². The Morgan fingerprint density at radius 2 is 2.35 bits per heavy atom. The first-order valence-electron chi connectivity index (χ1n) is 6.56. The lowest BCUT2D eigenvalue weighted by atomic mass is 10.3. The van der Waals surface area contributed by atoms with Crippen molar-refractivity contribution in [3.63, 3.8) is 0 Å². The topological polar surface area (TPSA) is 91.6 Å². The summed E-state index contributed by atoms with van der Waals surface area (Å²) in [5.74, 6) is -0.119. The van der Waals surface area contributed by atoms with E-state index in [4.69, 9.17) is 5.73 Å². The van der Waals surface area contributed by atoms with Crippen LogP contribution in [0.4, 0.5) is 10.9 Å². The Labute approximate surface area is 121 Å². The molecule has 0 radical (unpaired) electrons. The number of amides is 2. The fourth-order valence-electron chi connectivity index (χ4n) is 2.02. The van der Waals surface area contributed by atoms with Crippen LogP contribution in [0.5, 0.6) is 0 Å². The summed E-state index contributed by atoms with van der Waals surface area (Å²) in [7, 11) is 1.92. The predicted octanol–water partition coefficient (Wildman–Crippen LogP) is 0.144. The Hall–Kier alpha value is -1.83. The Kier molecular flexibility index (Phi) is 4.43. The number of anilines is 2. The van der Waals surface area contributed by atoms with Crippen molar-refractivity contribution >= 4 is 34.1 Å². The third-order valence-electron chi connectivity index (χ3n) is 3.05. The molecule has 0 aliphatic carbocycles. The summed E-state index contributed by atoms with van der Waals surface area (Å²) in [5, 5.41) is 3.42. The van der Waals surface area contributed by atoms with E-state index in [0.717, 1.165) is 18.1 Å². The molecule has 0 aromatic carbocycles. The summed E-state index contributed by atoms with van der Waals surface area (Å²) in [6.45, 7) is 3.99. The normalized spacial score (nSPS) is 15.1. The number of nitrogens with two attached hydrogens (primary N) is 1. The maximum Gasteiger partial charge on any atom is 0.268 e. The molecule has 2 heterocycles. The summed E-state index contributed by atoms with van der Waals surface area (Å²) >= 11 is 1.28. The number of nitrogens with one attached hydrogen (secondary N) is 1. The number of nitrogen functional groups attached to an aromatic ring is 1. The zero-order valence-electron chi connectivity index (χ0n) is 11.7. The highest BCUT2D eigenvalue weighted by Gasteiger charge is 2.26. The van der Waals surface area contributed by atoms with Gasteiger partial charge >= 0.3 is 0 Å². The van der Waals surface area contributed by atoms with Crippen molar-refractivity contribution in [2.24, 2.45) is 0 Å². The molecule has 0 unspecified atom stereocenters. The van der Waals surface area contributed by atoms with Crippen molar-refractivity contribution in [2.45, 2.75) is 13.3 Å². The smallest absolute Gasteiger partial charge is 0.268 e. The molecule has 0 bridgehead atoms. The van der Waals surface area contributed by atoms with Gasteiger partial charge in [-0.2, -0.15) is 0 Å². The Morgan fingerprint density at radius 1 is 1.60 bits per heavy atom. The minimum atomic E-state index is -0.217. The van der Waals surface area contributed by atoms with E-state index in [0.29, 0.717) is 18.0 Å². The Morgan fingerprint density at radius 3 is 3.00 bits per heavy atom. The van der Waals surface area contributed by atoms with E-state index in [-0.39, 0.29) is 24.2 Å². The highest BCUT2D eigenvalue weighted by molar-refractivity contribution is 7.18. The monoisotopic (exact) mass is 297 g/mol. The number of carbonyl (C=O) groups is 2. The summed E-state index contributed by atoms with van der Waals surface area (Å²) in [4.78, 5) is 31.8. The molecule has 20 heavy (non-hydrogen) atoms. The number of rotatable bonds is 4. The minimum absolute atomic E-state index is 0.0797. The highest BCUT2D eigenvalue weighted by Crippen LogP contribution is 2.28. The first kappa shape index (κ1) is 14.6. The molecule has 2 amide bonds. The molecular weight excluding hydrogens is 278 g/mol. The van der Waals surface area contributed by atoms with Crippen molar-refractivity contribution in [1.82, 2.24) is 15.2 Å². The van der Waals surface area contributed by atoms with Gasteiger partial charge in [0.25, 0.3) is 5.91 Å². The van der Waals surface area contributed by atoms with E-state index in [1.165, 1.54) is 16.2 Å². The second kappa shape index (κ2) is 6.08. The van der Waals surface area contributed by atoms with Crippen LogP contribution < -0.4 is 16.0 Å². The van der Waals surface area contributed by atoms with Crippen molar-refractivity contribution in [3.05, 3.63) is 4.88 Å². The fourth-order valence-corrected chi connectivity index (χ4v) is 2.96. The summed E-state index contributed by atoms with van der Waals surface area (Å²) in [6.07, 6.45) is 0.992. The lowest BCUT2D eigenvalue weighted by molar-refractivity contribution is -0.123. The van der Waals surface area contributed by atoms with E-state index in [9.17, 15) is 9.59 Å². The predicted molar refractivity (Wildman–Crippen MR) is 79.0 cm³/mol. The molecule has 1 aromatic heterocycles.